The summed E-state index contributed by atoms with van der Waals surface area (Å²) in [6, 6.07) is 4.37. The van der Waals surface area contributed by atoms with Gasteiger partial charge in [0.25, 0.3) is 0 Å². The standard InChI is InChI=1S/C15H20BrFN2O2/c16-12-9-10(1-2-13(12)17)3-6-19-15(20)14(18)11-4-7-21-8-5-11/h1-2,9,11,14H,3-8,18H2,(H,19,20). The molecule has 0 radical (unpaired) electrons. The van der Waals surface area contributed by atoms with Gasteiger partial charge in [0.05, 0.1) is 10.5 Å². The van der Waals surface area contributed by atoms with Gasteiger partial charge in [-0.2, -0.15) is 0 Å². The first-order chi connectivity index (χ1) is 10.1. The van der Waals surface area contributed by atoms with Crippen LogP contribution in [0.3, 0.4) is 0 Å². The number of halogens is 2. The van der Waals surface area contributed by atoms with E-state index in [1.54, 1.807) is 12.1 Å². The van der Waals surface area contributed by atoms with E-state index < -0.39 is 6.04 Å². The molecule has 3 N–H and O–H groups in total. The maximum Gasteiger partial charge on any atom is 0.237 e. The van der Waals surface area contributed by atoms with Gasteiger partial charge < -0.3 is 15.8 Å². The van der Waals surface area contributed by atoms with Crippen molar-refractivity contribution in [2.24, 2.45) is 11.7 Å². The molecule has 6 heteroatoms. The molecule has 1 aliphatic rings. The van der Waals surface area contributed by atoms with Crippen molar-refractivity contribution in [3.63, 3.8) is 0 Å². The Kier molecular flexibility index (Phi) is 6.14. The van der Waals surface area contributed by atoms with Gasteiger partial charge in [0, 0.05) is 19.8 Å². The Hall–Kier alpha value is -0.980. The molecule has 1 unspecified atom stereocenters. The monoisotopic (exact) mass is 358 g/mol. The van der Waals surface area contributed by atoms with Gasteiger partial charge in [-0.1, -0.05) is 6.07 Å². The topological polar surface area (TPSA) is 64.4 Å². The summed E-state index contributed by atoms with van der Waals surface area (Å²) >= 11 is 3.15. The van der Waals surface area contributed by atoms with E-state index >= 15 is 0 Å². The highest BCUT2D eigenvalue weighted by Crippen LogP contribution is 2.18. The Morgan fingerprint density at radius 3 is 2.86 bits per heavy atom. The summed E-state index contributed by atoms with van der Waals surface area (Å²) in [5, 5.41) is 2.85. The SMILES string of the molecule is NC(C(=O)NCCc1ccc(F)c(Br)c1)C1CCOCC1. The number of ether oxygens (including phenoxy) is 1. The number of amides is 1. The Labute approximate surface area is 132 Å². The van der Waals surface area contributed by atoms with Crippen LogP contribution in [-0.2, 0) is 16.0 Å². The zero-order valence-electron chi connectivity index (χ0n) is 11.8. The fourth-order valence-electron chi connectivity index (χ4n) is 2.43. The summed E-state index contributed by atoms with van der Waals surface area (Å²) in [5.41, 5.74) is 6.95. The highest BCUT2D eigenvalue weighted by atomic mass is 79.9. The molecule has 4 nitrogen and oxygen atoms in total. The van der Waals surface area contributed by atoms with Crippen LogP contribution in [0.5, 0.6) is 0 Å². The largest absolute Gasteiger partial charge is 0.381 e. The number of carbonyl (C=O) groups excluding carboxylic acids is 1. The highest BCUT2D eigenvalue weighted by Gasteiger charge is 2.26. The van der Waals surface area contributed by atoms with Crippen LogP contribution in [-0.4, -0.2) is 31.7 Å². The van der Waals surface area contributed by atoms with Gasteiger partial charge in [-0.3, -0.25) is 4.79 Å². The molecule has 0 aromatic heterocycles. The Morgan fingerprint density at radius 1 is 1.48 bits per heavy atom. The van der Waals surface area contributed by atoms with E-state index in [0.717, 1.165) is 18.4 Å². The van der Waals surface area contributed by atoms with Crippen molar-refractivity contribution >= 4 is 21.8 Å². The number of benzene rings is 1. The minimum Gasteiger partial charge on any atom is -0.381 e. The Morgan fingerprint density at radius 2 is 2.19 bits per heavy atom. The quantitative estimate of drug-likeness (QED) is 0.845. The third-order valence-corrected chi connectivity index (χ3v) is 4.38. The van der Waals surface area contributed by atoms with Gasteiger partial charge in [0.1, 0.15) is 5.82 Å². The fraction of sp³-hybridized carbons (Fsp3) is 0.533. The van der Waals surface area contributed by atoms with Gasteiger partial charge in [-0.25, -0.2) is 4.39 Å². The molecule has 1 heterocycles. The Bertz CT molecular complexity index is 493. The average Bonchev–Trinajstić information content (AvgIpc) is 2.51. The van der Waals surface area contributed by atoms with Crippen LogP contribution < -0.4 is 11.1 Å². The second-order valence-corrected chi connectivity index (χ2v) is 6.12. The average molecular weight is 359 g/mol. The molecule has 1 aromatic carbocycles. The van der Waals surface area contributed by atoms with Crippen LogP contribution in [0.25, 0.3) is 0 Å². The summed E-state index contributed by atoms with van der Waals surface area (Å²) in [5.74, 6) is -0.217. The molecule has 0 aliphatic carbocycles. The maximum absolute atomic E-state index is 13.1. The second kappa shape index (κ2) is 7.87. The molecule has 1 amide bonds. The minimum atomic E-state index is -0.478. The molecule has 1 saturated heterocycles. The van der Waals surface area contributed by atoms with Crippen molar-refractivity contribution in [2.75, 3.05) is 19.8 Å². The molecule has 116 valence electrons. The van der Waals surface area contributed by atoms with Crippen molar-refractivity contribution < 1.29 is 13.9 Å². The molecule has 21 heavy (non-hydrogen) atoms. The van der Waals surface area contributed by atoms with Gasteiger partial charge in [0.15, 0.2) is 0 Å². The lowest BCUT2D eigenvalue weighted by atomic mass is 9.92. The zero-order valence-corrected chi connectivity index (χ0v) is 13.4. The van der Waals surface area contributed by atoms with Crippen molar-refractivity contribution in [2.45, 2.75) is 25.3 Å². The second-order valence-electron chi connectivity index (χ2n) is 5.27. The number of hydrogen-bond donors (Lipinski definition) is 2. The zero-order chi connectivity index (χ0) is 15.2. The van der Waals surface area contributed by atoms with Crippen LogP contribution in [0.2, 0.25) is 0 Å². The number of nitrogens with one attached hydrogen (secondary N) is 1. The summed E-state index contributed by atoms with van der Waals surface area (Å²) < 4.78 is 18.8. The predicted octanol–water partition coefficient (Wildman–Crippen LogP) is 2.00. The summed E-state index contributed by atoms with van der Waals surface area (Å²) in [6.45, 7) is 1.85. The summed E-state index contributed by atoms with van der Waals surface area (Å²) in [7, 11) is 0. The van der Waals surface area contributed by atoms with Gasteiger partial charge in [-0.05, 0) is 58.8 Å². The van der Waals surface area contributed by atoms with E-state index in [0.29, 0.717) is 30.7 Å². The normalized spacial score (nSPS) is 17.5. The molecule has 0 spiro atoms. The van der Waals surface area contributed by atoms with E-state index in [4.69, 9.17) is 10.5 Å². The smallest absolute Gasteiger partial charge is 0.237 e. The number of hydrogen-bond acceptors (Lipinski definition) is 3. The van der Waals surface area contributed by atoms with Gasteiger partial charge in [0.2, 0.25) is 5.91 Å². The molecular formula is C15H20BrFN2O2. The first-order valence-electron chi connectivity index (χ1n) is 7.13. The van der Waals surface area contributed by atoms with E-state index in [-0.39, 0.29) is 17.6 Å². The van der Waals surface area contributed by atoms with Crippen molar-refractivity contribution in [3.8, 4) is 0 Å². The predicted molar refractivity (Wildman–Crippen MR) is 82.3 cm³/mol. The van der Waals surface area contributed by atoms with E-state index in [1.807, 2.05) is 0 Å². The highest BCUT2D eigenvalue weighted by molar-refractivity contribution is 9.10. The molecule has 1 atom stereocenters. The molecular weight excluding hydrogens is 339 g/mol. The summed E-state index contributed by atoms with van der Waals surface area (Å²) in [4.78, 5) is 12.0. The first-order valence-corrected chi connectivity index (χ1v) is 7.92. The molecule has 1 fully saturated rings. The first kappa shape index (κ1) is 16.4. The number of carbonyl (C=O) groups is 1. The lowest BCUT2D eigenvalue weighted by Gasteiger charge is -2.26. The molecule has 0 bridgehead atoms. The van der Waals surface area contributed by atoms with Gasteiger partial charge >= 0.3 is 0 Å². The van der Waals surface area contributed by atoms with Crippen LogP contribution in [0.4, 0.5) is 4.39 Å². The number of rotatable bonds is 5. The molecule has 1 aromatic rings. The minimum absolute atomic E-state index is 0.122. The van der Waals surface area contributed by atoms with Crippen LogP contribution in [0, 0.1) is 11.7 Å². The van der Waals surface area contributed by atoms with Crippen LogP contribution in [0.15, 0.2) is 22.7 Å². The van der Waals surface area contributed by atoms with Crippen LogP contribution >= 0.6 is 15.9 Å². The lowest BCUT2D eigenvalue weighted by molar-refractivity contribution is -0.124. The molecule has 1 aliphatic heterocycles. The van der Waals surface area contributed by atoms with Gasteiger partial charge in [-0.15, -0.1) is 0 Å². The number of nitrogens with two attached hydrogens (primary N) is 1. The third-order valence-electron chi connectivity index (χ3n) is 3.77. The van der Waals surface area contributed by atoms with Crippen molar-refractivity contribution in [3.05, 3.63) is 34.1 Å². The van der Waals surface area contributed by atoms with E-state index in [2.05, 4.69) is 21.2 Å². The third kappa shape index (κ3) is 4.76. The van der Waals surface area contributed by atoms with Crippen molar-refractivity contribution in [1.29, 1.82) is 0 Å². The van der Waals surface area contributed by atoms with Crippen molar-refractivity contribution in [1.82, 2.24) is 5.32 Å². The molecule has 0 saturated carbocycles. The lowest BCUT2D eigenvalue weighted by Crippen LogP contribution is -2.47. The summed E-state index contributed by atoms with van der Waals surface area (Å²) in [6.07, 6.45) is 2.31. The maximum atomic E-state index is 13.1. The van der Waals surface area contributed by atoms with E-state index in [9.17, 15) is 9.18 Å². The molecule has 2 rings (SSSR count). The van der Waals surface area contributed by atoms with Crippen LogP contribution in [0.1, 0.15) is 18.4 Å². The van der Waals surface area contributed by atoms with E-state index in [1.165, 1.54) is 6.07 Å². The fourth-order valence-corrected chi connectivity index (χ4v) is 2.86. The Balaban J connectivity index is 1.76.